The number of benzene rings is 1. The van der Waals surface area contributed by atoms with Crippen LogP contribution in [-0.2, 0) is 6.54 Å². The van der Waals surface area contributed by atoms with E-state index in [0.717, 1.165) is 49.5 Å². The number of hydrogen-bond donors (Lipinski definition) is 1. The summed E-state index contributed by atoms with van der Waals surface area (Å²) in [4.78, 5) is 2.26. The summed E-state index contributed by atoms with van der Waals surface area (Å²) >= 11 is 0. The summed E-state index contributed by atoms with van der Waals surface area (Å²) in [7, 11) is 3.32. The number of ether oxygens (including phenoxy) is 2. The minimum atomic E-state index is -0.192. The smallest absolute Gasteiger partial charge is 0.127 e. The van der Waals surface area contributed by atoms with Crippen molar-refractivity contribution in [3.05, 3.63) is 23.8 Å². The van der Waals surface area contributed by atoms with Gasteiger partial charge in [-0.2, -0.15) is 0 Å². The van der Waals surface area contributed by atoms with Crippen molar-refractivity contribution in [2.75, 3.05) is 27.3 Å². The Hall–Kier alpha value is -1.26. The molecule has 18 heavy (non-hydrogen) atoms. The third kappa shape index (κ3) is 3.15. The first kappa shape index (κ1) is 13.2. The summed E-state index contributed by atoms with van der Waals surface area (Å²) in [5, 5.41) is 9.67. The number of methoxy groups -OCH3 is 2. The van der Waals surface area contributed by atoms with Gasteiger partial charge in [0.2, 0.25) is 0 Å². The number of rotatable bonds is 4. The van der Waals surface area contributed by atoms with Gasteiger partial charge in [-0.15, -0.1) is 0 Å². The molecule has 1 aliphatic heterocycles. The highest BCUT2D eigenvalue weighted by Crippen LogP contribution is 2.26. The lowest BCUT2D eigenvalue weighted by Gasteiger charge is -2.30. The van der Waals surface area contributed by atoms with Gasteiger partial charge in [0.15, 0.2) is 0 Å². The molecule has 1 heterocycles. The molecule has 0 bridgehead atoms. The van der Waals surface area contributed by atoms with Crippen molar-refractivity contribution in [3.63, 3.8) is 0 Å². The van der Waals surface area contributed by atoms with E-state index in [0.29, 0.717) is 0 Å². The molecule has 0 radical (unpaired) electrons. The van der Waals surface area contributed by atoms with E-state index in [4.69, 9.17) is 9.47 Å². The van der Waals surface area contributed by atoms with Crippen molar-refractivity contribution in [2.45, 2.75) is 25.5 Å². The summed E-state index contributed by atoms with van der Waals surface area (Å²) in [6.07, 6.45) is 1.78. The number of β-amino-alcohol motifs (C(OH)–C–C–N with tert-alkyl or cyclic N) is 1. The van der Waals surface area contributed by atoms with Crippen molar-refractivity contribution in [1.82, 2.24) is 4.90 Å². The molecule has 0 amide bonds. The van der Waals surface area contributed by atoms with E-state index in [1.807, 2.05) is 18.2 Å². The normalized spacial score (nSPS) is 20.7. The number of aliphatic hydroxyl groups is 1. The maximum Gasteiger partial charge on any atom is 0.127 e. The van der Waals surface area contributed by atoms with Crippen LogP contribution in [0.3, 0.4) is 0 Å². The van der Waals surface area contributed by atoms with Crippen LogP contribution in [0.2, 0.25) is 0 Å². The maximum absolute atomic E-state index is 9.67. The Morgan fingerprint density at radius 3 is 2.83 bits per heavy atom. The van der Waals surface area contributed by atoms with E-state index >= 15 is 0 Å². The van der Waals surface area contributed by atoms with E-state index in [1.54, 1.807) is 14.2 Å². The zero-order chi connectivity index (χ0) is 13.0. The van der Waals surface area contributed by atoms with Crippen LogP contribution in [0.15, 0.2) is 18.2 Å². The summed E-state index contributed by atoms with van der Waals surface area (Å²) < 4.78 is 10.6. The Labute approximate surface area is 108 Å². The van der Waals surface area contributed by atoms with Gasteiger partial charge in [-0.05, 0) is 25.5 Å². The van der Waals surface area contributed by atoms with Crippen molar-refractivity contribution in [3.8, 4) is 11.5 Å². The van der Waals surface area contributed by atoms with Crippen LogP contribution in [0.1, 0.15) is 18.4 Å². The highest BCUT2D eigenvalue weighted by Gasteiger charge is 2.18. The van der Waals surface area contributed by atoms with Crippen LogP contribution in [0.5, 0.6) is 11.5 Å². The molecule has 1 aromatic carbocycles. The lowest BCUT2D eigenvalue weighted by molar-refractivity contribution is 0.0664. The van der Waals surface area contributed by atoms with E-state index in [2.05, 4.69) is 4.90 Å². The lowest BCUT2D eigenvalue weighted by Crippen LogP contribution is -2.37. The number of likely N-dealkylation sites (tertiary alicyclic amines) is 1. The second-order valence-corrected chi connectivity index (χ2v) is 4.71. The fourth-order valence-electron chi connectivity index (χ4n) is 2.40. The highest BCUT2D eigenvalue weighted by molar-refractivity contribution is 5.40. The standard InChI is InChI=1S/C14H21NO3/c1-17-13-6-5-11(14(8-13)18-2)9-15-7-3-4-12(16)10-15/h5-6,8,12,16H,3-4,7,9-10H2,1-2H3. The molecule has 0 aliphatic carbocycles. The Morgan fingerprint density at radius 2 is 2.17 bits per heavy atom. The fourth-order valence-corrected chi connectivity index (χ4v) is 2.40. The molecule has 4 nitrogen and oxygen atoms in total. The zero-order valence-electron chi connectivity index (χ0n) is 11.1. The minimum absolute atomic E-state index is 0.192. The summed E-state index contributed by atoms with van der Waals surface area (Å²) in [5.41, 5.74) is 1.13. The summed E-state index contributed by atoms with van der Waals surface area (Å²) in [6, 6.07) is 5.87. The topological polar surface area (TPSA) is 41.9 Å². The molecule has 1 saturated heterocycles. The molecule has 2 rings (SSSR count). The Kier molecular flexibility index (Phi) is 4.44. The molecular weight excluding hydrogens is 230 g/mol. The van der Waals surface area contributed by atoms with Crippen molar-refractivity contribution >= 4 is 0 Å². The predicted octanol–water partition coefficient (Wildman–Crippen LogP) is 1.66. The number of aliphatic hydroxyl groups excluding tert-OH is 1. The van der Waals surface area contributed by atoms with E-state index in [1.165, 1.54) is 0 Å². The van der Waals surface area contributed by atoms with Crippen LogP contribution in [0, 0.1) is 0 Å². The van der Waals surface area contributed by atoms with E-state index < -0.39 is 0 Å². The summed E-state index contributed by atoms with van der Waals surface area (Å²) in [6.45, 7) is 2.59. The van der Waals surface area contributed by atoms with Gasteiger partial charge < -0.3 is 14.6 Å². The second-order valence-electron chi connectivity index (χ2n) is 4.71. The number of piperidine rings is 1. The average Bonchev–Trinajstić information content (AvgIpc) is 2.39. The van der Waals surface area contributed by atoms with Crippen LogP contribution in [-0.4, -0.2) is 43.4 Å². The van der Waals surface area contributed by atoms with Crippen LogP contribution < -0.4 is 9.47 Å². The molecular formula is C14H21NO3. The van der Waals surface area contributed by atoms with Gasteiger partial charge in [0.05, 0.1) is 20.3 Å². The zero-order valence-corrected chi connectivity index (χ0v) is 11.1. The van der Waals surface area contributed by atoms with Gasteiger partial charge in [0.25, 0.3) is 0 Å². The van der Waals surface area contributed by atoms with Crippen molar-refractivity contribution in [2.24, 2.45) is 0 Å². The second kappa shape index (κ2) is 6.07. The quantitative estimate of drug-likeness (QED) is 0.883. The molecule has 1 unspecified atom stereocenters. The van der Waals surface area contributed by atoms with E-state index in [-0.39, 0.29) is 6.10 Å². The SMILES string of the molecule is COc1ccc(CN2CCCC(O)C2)c(OC)c1. The maximum atomic E-state index is 9.67. The van der Waals surface area contributed by atoms with Gasteiger partial charge in [-0.1, -0.05) is 6.07 Å². The molecule has 1 aromatic rings. The monoisotopic (exact) mass is 251 g/mol. The molecule has 1 aliphatic rings. The lowest BCUT2D eigenvalue weighted by atomic mass is 10.1. The fraction of sp³-hybridized carbons (Fsp3) is 0.571. The molecule has 0 saturated carbocycles. The largest absolute Gasteiger partial charge is 0.497 e. The van der Waals surface area contributed by atoms with Gasteiger partial charge in [-0.3, -0.25) is 4.90 Å². The Balaban J connectivity index is 2.08. The third-order valence-corrected chi connectivity index (χ3v) is 3.37. The molecule has 100 valence electrons. The molecule has 0 spiro atoms. The Bertz CT molecular complexity index is 395. The molecule has 1 atom stereocenters. The molecule has 1 N–H and O–H groups in total. The summed E-state index contributed by atoms with van der Waals surface area (Å²) in [5.74, 6) is 1.64. The highest BCUT2D eigenvalue weighted by atomic mass is 16.5. The first-order valence-electron chi connectivity index (χ1n) is 6.34. The van der Waals surface area contributed by atoms with Gasteiger partial charge in [0.1, 0.15) is 11.5 Å². The number of nitrogens with zero attached hydrogens (tertiary/aromatic N) is 1. The molecule has 0 aromatic heterocycles. The predicted molar refractivity (Wildman–Crippen MR) is 70.1 cm³/mol. The van der Waals surface area contributed by atoms with Gasteiger partial charge in [-0.25, -0.2) is 0 Å². The van der Waals surface area contributed by atoms with Crippen LogP contribution in [0.25, 0.3) is 0 Å². The third-order valence-electron chi connectivity index (χ3n) is 3.37. The first-order valence-corrected chi connectivity index (χ1v) is 6.34. The van der Waals surface area contributed by atoms with Crippen LogP contribution >= 0.6 is 0 Å². The molecule has 4 heteroatoms. The number of hydrogen-bond acceptors (Lipinski definition) is 4. The first-order chi connectivity index (χ1) is 8.72. The van der Waals surface area contributed by atoms with E-state index in [9.17, 15) is 5.11 Å². The van der Waals surface area contributed by atoms with Gasteiger partial charge in [0, 0.05) is 24.7 Å². The minimum Gasteiger partial charge on any atom is -0.497 e. The average molecular weight is 251 g/mol. The van der Waals surface area contributed by atoms with Crippen molar-refractivity contribution < 1.29 is 14.6 Å². The van der Waals surface area contributed by atoms with Gasteiger partial charge >= 0.3 is 0 Å². The van der Waals surface area contributed by atoms with Crippen LogP contribution in [0.4, 0.5) is 0 Å². The van der Waals surface area contributed by atoms with Crippen molar-refractivity contribution in [1.29, 1.82) is 0 Å². The Morgan fingerprint density at radius 1 is 1.33 bits per heavy atom. The molecule has 1 fully saturated rings.